The first-order valence-corrected chi connectivity index (χ1v) is 20.8. The van der Waals surface area contributed by atoms with E-state index in [2.05, 4.69) is 0 Å². The minimum absolute atomic E-state index is 0.0785. The molecule has 3 aromatic carbocycles. The summed E-state index contributed by atoms with van der Waals surface area (Å²) in [5.41, 5.74) is -3.94. The number of aryl methyl sites for hydroxylation is 2. The zero-order valence-electron chi connectivity index (χ0n) is 33.2. The number of allylic oxidation sites excluding steroid dienone is 2. The van der Waals surface area contributed by atoms with Crippen LogP contribution in [0.1, 0.15) is 54.9 Å². The smallest absolute Gasteiger partial charge is 0.416 e. The number of nitrogens with zero attached hydrogens (tertiary/aromatic N) is 4. The van der Waals surface area contributed by atoms with Gasteiger partial charge in [-0.2, -0.15) is 31.4 Å². The Morgan fingerprint density at radius 1 is 0.919 bits per heavy atom. The number of carbonyl (C=O) groups excluding carboxylic acids is 4. The van der Waals surface area contributed by atoms with E-state index in [1.165, 1.54) is 22.1 Å². The van der Waals surface area contributed by atoms with Crippen LogP contribution in [-0.4, -0.2) is 45.1 Å². The number of anilines is 2. The average molecular weight is 897 g/mol. The summed E-state index contributed by atoms with van der Waals surface area (Å²) in [7, 11) is 1.58. The van der Waals surface area contributed by atoms with Crippen LogP contribution >= 0.6 is 22.9 Å². The van der Waals surface area contributed by atoms with Crippen molar-refractivity contribution in [1.82, 2.24) is 9.78 Å². The van der Waals surface area contributed by atoms with Gasteiger partial charge in [0.1, 0.15) is 11.5 Å². The van der Waals surface area contributed by atoms with Crippen molar-refractivity contribution in [1.29, 1.82) is 0 Å². The molecule has 2 aliphatic heterocycles. The number of carbonyl (C=O) groups is 4. The highest BCUT2D eigenvalue weighted by Gasteiger charge is 2.68. The summed E-state index contributed by atoms with van der Waals surface area (Å²) >= 11 is 7.74. The molecule has 9 rings (SSSR count). The van der Waals surface area contributed by atoms with E-state index >= 15 is 4.79 Å². The molecule has 0 spiro atoms. The Labute approximate surface area is 358 Å². The largest absolute Gasteiger partial charge is 0.504 e. The van der Waals surface area contributed by atoms with Crippen LogP contribution in [0.5, 0.6) is 11.5 Å². The van der Waals surface area contributed by atoms with Gasteiger partial charge in [-0.25, -0.2) is 9.80 Å². The van der Waals surface area contributed by atoms with Crippen LogP contribution in [0.25, 0.3) is 20.7 Å². The highest BCUT2D eigenvalue weighted by molar-refractivity contribution is 7.22. The van der Waals surface area contributed by atoms with Gasteiger partial charge in [-0.1, -0.05) is 35.4 Å². The molecule has 1 N–H and O–H groups in total. The molecule has 4 heterocycles. The van der Waals surface area contributed by atoms with Gasteiger partial charge in [0, 0.05) is 34.3 Å². The van der Waals surface area contributed by atoms with E-state index < -0.39 is 87.8 Å². The van der Waals surface area contributed by atoms with Crippen LogP contribution in [0.15, 0.2) is 72.3 Å². The first-order chi connectivity index (χ1) is 29.2. The predicted molar refractivity (Wildman–Crippen MR) is 217 cm³/mol. The molecule has 5 aromatic rings. The van der Waals surface area contributed by atoms with Crippen molar-refractivity contribution in [3.05, 3.63) is 99.6 Å². The van der Waals surface area contributed by atoms with Crippen LogP contribution in [0.4, 0.5) is 37.8 Å². The van der Waals surface area contributed by atoms with Gasteiger partial charge in [0.2, 0.25) is 23.6 Å². The van der Waals surface area contributed by atoms with Crippen LogP contribution in [0.2, 0.25) is 5.02 Å². The minimum atomic E-state index is -5.25. The van der Waals surface area contributed by atoms with Gasteiger partial charge < -0.3 is 9.84 Å². The molecule has 0 bridgehead atoms. The fourth-order valence-electron chi connectivity index (χ4n) is 10.2. The summed E-state index contributed by atoms with van der Waals surface area (Å²) in [5, 5.41) is 17.9. The number of hydrogen-bond acceptors (Lipinski definition) is 8. The molecule has 4 amide bonds. The maximum atomic E-state index is 15.2. The Kier molecular flexibility index (Phi) is 9.52. The zero-order chi connectivity index (χ0) is 44.5. The molecular weight excluding hydrogens is 862 g/mol. The van der Waals surface area contributed by atoms with Crippen molar-refractivity contribution >= 4 is 68.2 Å². The van der Waals surface area contributed by atoms with Crippen molar-refractivity contribution in [3.63, 3.8) is 0 Å². The summed E-state index contributed by atoms with van der Waals surface area (Å²) in [5.74, 6) is -9.28. The number of phenolic OH excluding ortho intramolecular Hbond substituents is 1. The Bertz CT molecular complexity index is 2780. The van der Waals surface area contributed by atoms with Gasteiger partial charge in [-0.05, 0) is 92.9 Å². The van der Waals surface area contributed by atoms with Crippen LogP contribution in [0, 0.1) is 36.0 Å². The molecule has 10 nitrogen and oxygen atoms in total. The highest BCUT2D eigenvalue weighted by Crippen LogP contribution is 2.65. The van der Waals surface area contributed by atoms with E-state index in [0.29, 0.717) is 33.3 Å². The number of para-hydroxylation sites is 1. The number of ether oxygens (including phenoxy) is 1. The average Bonchev–Trinajstić information content (AvgIpc) is 3.88. The number of aromatic nitrogens is 2. The van der Waals surface area contributed by atoms with E-state index in [-0.39, 0.29) is 48.4 Å². The topological polar surface area (TPSA) is 122 Å². The molecule has 4 aliphatic rings. The summed E-state index contributed by atoms with van der Waals surface area (Å²) in [6, 6.07) is 12.4. The van der Waals surface area contributed by atoms with Gasteiger partial charge in [-0.3, -0.25) is 23.9 Å². The first-order valence-electron chi connectivity index (χ1n) is 19.6. The fourth-order valence-corrected chi connectivity index (χ4v) is 11.5. The molecule has 2 aliphatic carbocycles. The molecule has 0 radical (unpaired) electrons. The summed E-state index contributed by atoms with van der Waals surface area (Å²) < 4.78 is 91.8. The van der Waals surface area contributed by atoms with Crippen LogP contribution in [-0.2, 0) is 38.6 Å². The number of benzene rings is 3. The van der Waals surface area contributed by atoms with Gasteiger partial charge in [0.25, 0.3) is 0 Å². The minimum Gasteiger partial charge on any atom is -0.504 e. The molecule has 6 atom stereocenters. The second-order valence-corrected chi connectivity index (χ2v) is 17.8. The first kappa shape index (κ1) is 41.7. The molecule has 0 unspecified atom stereocenters. The standard InChI is InChI=1S/C44H35ClF6N4O6S/c1-5-61-31-8-6-7-26(36(31)56)35-24-10-11-25-34(40(59)54(38(25)57)23-14-20(43(46,47)48)13-21(15-23)44(49,50)51)28(24)17-29-39(58)55(41(60)42(29,35)3)33-18-30(52-53(33)4)37-19(2)27-16-22(45)9-12-32(27)62-37/h6-10,12-16,18,25,28-29,34-35,56H,5,11,17H2,1-4H3/t25-,28+,29-,34-,35+,42+/m0/s1. The van der Waals surface area contributed by atoms with Gasteiger partial charge >= 0.3 is 12.4 Å². The van der Waals surface area contributed by atoms with E-state index in [0.717, 1.165) is 25.4 Å². The Morgan fingerprint density at radius 3 is 2.27 bits per heavy atom. The molecular formula is C44H35ClF6N4O6S. The van der Waals surface area contributed by atoms with Crippen molar-refractivity contribution in [2.75, 3.05) is 16.4 Å². The second kappa shape index (κ2) is 14.2. The number of thiophene rings is 1. The third kappa shape index (κ3) is 6.08. The second-order valence-electron chi connectivity index (χ2n) is 16.3. The van der Waals surface area contributed by atoms with Crippen molar-refractivity contribution in [3.8, 4) is 22.1 Å². The lowest BCUT2D eigenvalue weighted by molar-refractivity contribution is -0.143. The Morgan fingerprint density at radius 2 is 1.61 bits per heavy atom. The normalized spacial score (nSPS) is 25.1. The predicted octanol–water partition coefficient (Wildman–Crippen LogP) is 9.84. The molecule has 62 heavy (non-hydrogen) atoms. The number of amides is 4. The lowest BCUT2D eigenvalue weighted by atomic mass is 9.51. The summed E-state index contributed by atoms with van der Waals surface area (Å²) in [6.45, 7) is 5.38. The molecule has 18 heteroatoms. The zero-order valence-corrected chi connectivity index (χ0v) is 34.8. The van der Waals surface area contributed by atoms with E-state index in [9.17, 15) is 45.8 Å². The molecule has 322 valence electrons. The monoisotopic (exact) mass is 896 g/mol. The number of fused-ring (bicyclic) bond motifs is 5. The van der Waals surface area contributed by atoms with Gasteiger partial charge in [0.05, 0.1) is 51.5 Å². The summed E-state index contributed by atoms with van der Waals surface area (Å²) in [6.07, 6.45) is -9.20. The number of halogens is 7. The number of phenols is 1. The van der Waals surface area contributed by atoms with Crippen LogP contribution in [0.3, 0.4) is 0 Å². The fraction of sp³-hybridized carbons (Fsp3) is 0.341. The van der Waals surface area contributed by atoms with Crippen molar-refractivity contribution in [2.45, 2.75) is 51.9 Å². The number of imide groups is 2. The van der Waals surface area contributed by atoms with E-state index in [1.807, 2.05) is 19.1 Å². The van der Waals surface area contributed by atoms with Crippen molar-refractivity contribution < 1.29 is 55.4 Å². The van der Waals surface area contributed by atoms with E-state index in [1.54, 1.807) is 51.2 Å². The SMILES string of the molecule is CCOc1cccc([C@H]2C3=CC[C@@H]4C(=O)N(c5cc(C(F)(F)F)cc(C(F)(F)F)c5)C(=O)[C@@H]4[C@@H]3C[C@H]3C(=O)N(c4cc(-c5sc6ccc(Cl)cc6c5C)nn4C)C(=O)[C@@]23C)c1O. The quantitative estimate of drug-likeness (QED) is 0.102. The number of aromatic hydroxyl groups is 1. The summed E-state index contributed by atoms with van der Waals surface area (Å²) in [4.78, 5) is 61.0. The molecule has 3 fully saturated rings. The third-order valence-corrected chi connectivity index (χ3v) is 14.5. The van der Waals surface area contributed by atoms with Gasteiger partial charge in [0.15, 0.2) is 11.5 Å². The van der Waals surface area contributed by atoms with Gasteiger partial charge in [-0.15, -0.1) is 11.3 Å². The Hall–Kier alpha value is -5.68. The van der Waals surface area contributed by atoms with Crippen molar-refractivity contribution in [2.24, 2.45) is 36.1 Å². The van der Waals surface area contributed by atoms with Crippen LogP contribution < -0.4 is 14.5 Å². The maximum Gasteiger partial charge on any atom is 0.416 e. The maximum absolute atomic E-state index is 15.2. The number of alkyl halides is 6. The molecule has 2 aromatic heterocycles. The number of rotatable bonds is 6. The lowest BCUT2D eigenvalue weighted by Crippen LogP contribution is -2.49. The molecule has 1 saturated carbocycles. The highest BCUT2D eigenvalue weighted by atomic mass is 35.5. The molecule has 2 saturated heterocycles. The number of hydrogen-bond donors (Lipinski definition) is 1. The lowest BCUT2D eigenvalue weighted by Gasteiger charge is -2.49. The van der Waals surface area contributed by atoms with E-state index in [4.69, 9.17) is 21.4 Å². The Balaban J connectivity index is 1.16. The third-order valence-electron chi connectivity index (χ3n) is 13.0.